The molecule has 2 rings (SSSR count). The molecule has 2 aromatic rings. The number of sulfonamides is 1. The van der Waals surface area contributed by atoms with Crippen LogP contribution in [0.1, 0.15) is 0 Å². The lowest BCUT2D eigenvalue weighted by Crippen LogP contribution is -2.26. The Kier molecular flexibility index (Phi) is 4.46. The molecular formula is C15H17N3O2S. The average Bonchev–Trinajstić information content (AvgIpc) is 2.46. The molecule has 1 N–H and O–H groups in total. The van der Waals surface area contributed by atoms with Gasteiger partial charge in [-0.05, 0) is 12.1 Å². The molecule has 6 heteroatoms. The monoisotopic (exact) mass is 303 g/mol. The highest BCUT2D eigenvalue weighted by Crippen LogP contribution is 2.29. The second-order valence-corrected chi connectivity index (χ2v) is 6.54. The van der Waals surface area contributed by atoms with Crippen LogP contribution in [0.25, 0.3) is 15.6 Å². The molecule has 0 saturated heterocycles. The highest BCUT2D eigenvalue weighted by atomic mass is 32.2. The van der Waals surface area contributed by atoms with Crippen molar-refractivity contribution in [2.24, 2.45) is 0 Å². The van der Waals surface area contributed by atoms with Crippen molar-refractivity contribution in [2.75, 3.05) is 32.1 Å². The third-order valence-corrected chi connectivity index (χ3v) is 4.67. The van der Waals surface area contributed by atoms with Crippen molar-refractivity contribution in [2.45, 2.75) is 4.90 Å². The number of anilines is 1. The smallest absolute Gasteiger partial charge is 0.241 e. The first-order chi connectivity index (χ1) is 9.97. The number of fused-ring (bicyclic) bond motifs is 1. The number of nitrogens with zero attached hydrogens (tertiary/aromatic N) is 2. The zero-order chi connectivity index (χ0) is 15.5. The fourth-order valence-electron chi connectivity index (χ4n) is 2.20. The van der Waals surface area contributed by atoms with Gasteiger partial charge in [0.25, 0.3) is 0 Å². The molecule has 0 aromatic heterocycles. The maximum absolute atomic E-state index is 12.4. The Bertz CT molecular complexity index is 792. The van der Waals surface area contributed by atoms with Gasteiger partial charge in [0.15, 0.2) is 0 Å². The van der Waals surface area contributed by atoms with Gasteiger partial charge in [0.05, 0.1) is 11.4 Å². The maximum Gasteiger partial charge on any atom is 0.241 e. The van der Waals surface area contributed by atoms with Gasteiger partial charge in [0, 0.05) is 30.6 Å². The Balaban J connectivity index is 2.56. The van der Waals surface area contributed by atoms with Gasteiger partial charge in [-0.1, -0.05) is 24.3 Å². The van der Waals surface area contributed by atoms with Gasteiger partial charge in [0.1, 0.15) is 0 Å². The van der Waals surface area contributed by atoms with Gasteiger partial charge in [-0.25, -0.2) is 19.7 Å². The van der Waals surface area contributed by atoms with Crippen molar-refractivity contribution in [3.63, 3.8) is 0 Å². The molecule has 0 heterocycles. The van der Waals surface area contributed by atoms with Crippen LogP contribution in [0, 0.1) is 6.57 Å². The van der Waals surface area contributed by atoms with Crippen LogP contribution in [0.3, 0.4) is 0 Å². The first kappa shape index (κ1) is 15.3. The molecule has 0 atom stereocenters. The molecular weight excluding hydrogens is 286 g/mol. The Morgan fingerprint density at radius 2 is 1.81 bits per heavy atom. The van der Waals surface area contributed by atoms with Crippen molar-refractivity contribution in [1.29, 1.82) is 0 Å². The molecule has 0 saturated carbocycles. The molecule has 0 bridgehead atoms. The maximum atomic E-state index is 12.4. The Morgan fingerprint density at radius 1 is 1.14 bits per heavy atom. The minimum atomic E-state index is -3.61. The molecule has 5 nitrogen and oxygen atoms in total. The molecule has 0 aliphatic heterocycles. The second kappa shape index (κ2) is 6.12. The van der Waals surface area contributed by atoms with Crippen LogP contribution >= 0.6 is 0 Å². The summed E-state index contributed by atoms with van der Waals surface area (Å²) in [5.74, 6) is 0. The zero-order valence-electron chi connectivity index (χ0n) is 12.0. The van der Waals surface area contributed by atoms with Crippen LogP contribution in [0.2, 0.25) is 0 Å². The van der Waals surface area contributed by atoms with E-state index in [0.717, 1.165) is 11.1 Å². The van der Waals surface area contributed by atoms with Crippen molar-refractivity contribution in [1.82, 2.24) is 4.72 Å². The van der Waals surface area contributed by atoms with Gasteiger partial charge in [-0.3, -0.25) is 0 Å². The van der Waals surface area contributed by atoms with E-state index in [4.69, 9.17) is 6.57 Å². The van der Waals surface area contributed by atoms with E-state index in [2.05, 4.69) is 9.57 Å². The fraction of sp³-hybridized carbons (Fsp3) is 0.267. The third-order valence-electron chi connectivity index (χ3n) is 3.15. The SMILES string of the molecule is [C-]#[N+]CCNS(=O)(=O)c1cccc2c(N(C)C)cccc12. The quantitative estimate of drug-likeness (QED) is 0.680. The van der Waals surface area contributed by atoms with Gasteiger partial charge in [-0.15, -0.1) is 0 Å². The minimum absolute atomic E-state index is 0.121. The number of nitrogens with one attached hydrogen (secondary N) is 1. The summed E-state index contributed by atoms with van der Waals surface area (Å²) in [5, 5.41) is 1.56. The summed E-state index contributed by atoms with van der Waals surface area (Å²) >= 11 is 0. The molecule has 21 heavy (non-hydrogen) atoms. The Hall–Kier alpha value is -2.10. The molecule has 0 aliphatic carbocycles. The van der Waals surface area contributed by atoms with Crippen LogP contribution in [-0.2, 0) is 10.0 Å². The summed E-state index contributed by atoms with van der Waals surface area (Å²) in [5.41, 5.74) is 0.964. The molecule has 0 unspecified atom stereocenters. The molecule has 0 radical (unpaired) electrons. The van der Waals surface area contributed by atoms with Crippen LogP contribution in [0.5, 0.6) is 0 Å². The van der Waals surface area contributed by atoms with E-state index in [9.17, 15) is 8.42 Å². The highest BCUT2D eigenvalue weighted by Gasteiger charge is 2.18. The molecule has 0 fully saturated rings. The summed E-state index contributed by atoms with van der Waals surface area (Å²) in [7, 11) is 0.228. The topological polar surface area (TPSA) is 53.8 Å². The van der Waals surface area contributed by atoms with Gasteiger partial charge in [0.2, 0.25) is 16.6 Å². The van der Waals surface area contributed by atoms with Crippen LogP contribution < -0.4 is 9.62 Å². The molecule has 0 aliphatic rings. The van der Waals surface area contributed by atoms with Gasteiger partial charge >= 0.3 is 0 Å². The van der Waals surface area contributed by atoms with Crippen LogP contribution in [-0.4, -0.2) is 35.6 Å². The van der Waals surface area contributed by atoms with Gasteiger partial charge < -0.3 is 9.74 Å². The summed E-state index contributed by atoms with van der Waals surface area (Å²) in [6.45, 7) is 6.96. The van der Waals surface area contributed by atoms with E-state index in [1.54, 1.807) is 18.2 Å². The summed E-state index contributed by atoms with van der Waals surface area (Å²) in [6.07, 6.45) is 0. The third kappa shape index (κ3) is 3.15. The Labute approximate surface area is 125 Å². The normalized spacial score (nSPS) is 11.3. The summed E-state index contributed by atoms with van der Waals surface area (Å²) in [6, 6.07) is 10.8. The first-order valence-corrected chi connectivity index (χ1v) is 7.97. The van der Waals surface area contributed by atoms with E-state index in [0.29, 0.717) is 5.39 Å². The predicted octanol–water partition coefficient (Wildman–Crippen LogP) is 2.10. The lowest BCUT2D eigenvalue weighted by atomic mass is 10.1. The largest absolute Gasteiger partial charge is 0.377 e. The summed E-state index contributed by atoms with van der Waals surface area (Å²) in [4.78, 5) is 5.34. The standard InChI is InChI=1S/C15H17N3O2S/c1-16-10-11-17-21(19,20)15-9-5-6-12-13(15)7-4-8-14(12)18(2)3/h4-9,17H,10-11H2,2-3H3. The zero-order valence-corrected chi connectivity index (χ0v) is 12.8. The van der Waals surface area contributed by atoms with Crippen molar-refractivity contribution in [3.05, 3.63) is 47.8 Å². The van der Waals surface area contributed by atoms with E-state index < -0.39 is 10.0 Å². The number of hydrogen-bond donors (Lipinski definition) is 1. The molecule has 0 spiro atoms. The van der Waals surface area contributed by atoms with Gasteiger partial charge in [-0.2, -0.15) is 0 Å². The minimum Gasteiger partial charge on any atom is -0.377 e. The molecule has 0 amide bonds. The van der Waals surface area contributed by atoms with Crippen LogP contribution in [0.4, 0.5) is 5.69 Å². The van der Waals surface area contributed by atoms with Crippen molar-refractivity contribution < 1.29 is 8.42 Å². The number of hydrogen-bond acceptors (Lipinski definition) is 3. The van der Waals surface area contributed by atoms with E-state index >= 15 is 0 Å². The second-order valence-electron chi connectivity index (χ2n) is 4.80. The predicted molar refractivity (Wildman–Crippen MR) is 84.9 cm³/mol. The highest BCUT2D eigenvalue weighted by molar-refractivity contribution is 7.89. The van der Waals surface area contributed by atoms with E-state index in [1.165, 1.54) is 0 Å². The number of benzene rings is 2. The first-order valence-electron chi connectivity index (χ1n) is 6.49. The average molecular weight is 303 g/mol. The molecule has 110 valence electrons. The fourth-order valence-corrected chi connectivity index (χ4v) is 3.44. The van der Waals surface area contributed by atoms with E-state index in [1.807, 2.05) is 37.2 Å². The number of rotatable bonds is 5. The lowest BCUT2D eigenvalue weighted by Gasteiger charge is -2.16. The van der Waals surface area contributed by atoms with E-state index in [-0.39, 0.29) is 18.0 Å². The van der Waals surface area contributed by atoms with Crippen LogP contribution in [0.15, 0.2) is 41.3 Å². The van der Waals surface area contributed by atoms with Crippen molar-refractivity contribution in [3.8, 4) is 0 Å². The molecule has 2 aromatic carbocycles. The van der Waals surface area contributed by atoms with Crippen molar-refractivity contribution >= 4 is 26.5 Å². The Morgan fingerprint density at radius 3 is 2.48 bits per heavy atom. The summed E-state index contributed by atoms with van der Waals surface area (Å²) < 4.78 is 27.2. The lowest BCUT2D eigenvalue weighted by molar-refractivity contribution is 0.584.